The zero-order valence-electron chi connectivity index (χ0n) is 22.6. The van der Waals surface area contributed by atoms with E-state index in [2.05, 4.69) is 135 Å². The van der Waals surface area contributed by atoms with Crippen LogP contribution in [0.1, 0.15) is 51.6 Å². The molecule has 0 spiro atoms. The van der Waals surface area contributed by atoms with Crippen LogP contribution >= 0.6 is 90.4 Å². The summed E-state index contributed by atoms with van der Waals surface area (Å²) >= 11 is 9.52. The third-order valence-corrected chi connectivity index (χ3v) is 14.1. The summed E-state index contributed by atoms with van der Waals surface area (Å²) in [6, 6.07) is 22.5. The zero-order valence-corrected chi connectivity index (χ0v) is 31.2. The molecule has 6 unspecified atom stereocenters. The number of ether oxygens (including phenoxy) is 2. The molecule has 0 N–H and O–H groups in total. The SMILES string of the molecule is Cc1cc(I)c(I)cc1C1C(OC(=O)c2ccccc2)C(OC(=O)c2ccccc2)C(C)C2(C)C=C(I)C(I)=CC12. The minimum absolute atomic E-state index is 0.0118. The van der Waals surface area contributed by atoms with Gasteiger partial charge in [0.25, 0.3) is 0 Å². The molecule has 0 radical (unpaired) electrons. The highest BCUT2D eigenvalue weighted by atomic mass is 127. The molecule has 212 valence electrons. The molecule has 0 aromatic heterocycles. The number of benzene rings is 3. The van der Waals surface area contributed by atoms with Gasteiger partial charge in [0.2, 0.25) is 0 Å². The van der Waals surface area contributed by atoms with E-state index in [0.717, 1.165) is 14.7 Å². The second-order valence-corrected chi connectivity index (χ2v) is 15.5. The second-order valence-electron chi connectivity index (χ2n) is 10.8. The van der Waals surface area contributed by atoms with Crippen molar-refractivity contribution in [1.29, 1.82) is 0 Å². The summed E-state index contributed by atoms with van der Waals surface area (Å²) in [6.45, 7) is 6.48. The summed E-state index contributed by atoms with van der Waals surface area (Å²) in [5.41, 5.74) is 2.82. The molecular formula is C33H28I4O4. The Morgan fingerprint density at radius 2 is 1.27 bits per heavy atom. The molecule has 6 atom stereocenters. The lowest BCUT2D eigenvalue weighted by Crippen LogP contribution is -2.58. The van der Waals surface area contributed by atoms with Crippen LogP contribution in [0, 0.1) is 31.3 Å². The van der Waals surface area contributed by atoms with Gasteiger partial charge in [-0.25, -0.2) is 9.59 Å². The minimum atomic E-state index is -0.706. The molecule has 0 heterocycles. The molecule has 2 aliphatic rings. The van der Waals surface area contributed by atoms with Gasteiger partial charge in [0.05, 0.1) is 11.1 Å². The van der Waals surface area contributed by atoms with Gasteiger partial charge in [-0.05, 0) is 151 Å². The maximum absolute atomic E-state index is 13.7. The predicted octanol–water partition coefficient (Wildman–Crippen LogP) is 9.66. The number of hydrogen-bond donors (Lipinski definition) is 0. The van der Waals surface area contributed by atoms with Crippen molar-refractivity contribution in [3.05, 3.63) is 122 Å². The highest BCUT2D eigenvalue weighted by molar-refractivity contribution is 14.1. The summed E-state index contributed by atoms with van der Waals surface area (Å²) in [7, 11) is 0. The van der Waals surface area contributed by atoms with Crippen molar-refractivity contribution in [3.63, 3.8) is 0 Å². The van der Waals surface area contributed by atoms with Gasteiger partial charge >= 0.3 is 11.9 Å². The number of esters is 2. The fourth-order valence-corrected chi connectivity index (χ4v) is 8.57. The van der Waals surface area contributed by atoms with Crippen LogP contribution < -0.4 is 0 Å². The molecule has 3 aromatic rings. The summed E-state index contributed by atoms with van der Waals surface area (Å²) in [4.78, 5) is 27.2. The van der Waals surface area contributed by atoms with Crippen LogP contribution in [0.15, 0.2) is 92.1 Å². The Balaban J connectivity index is 1.69. The van der Waals surface area contributed by atoms with E-state index in [1.807, 2.05) is 36.4 Å². The van der Waals surface area contributed by atoms with E-state index in [0.29, 0.717) is 11.1 Å². The van der Waals surface area contributed by atoms with Crippen molar-refractivity contribution in [3.8, 4) is 0 Å². The molecule has 0 aliphatic heterocycles. The number of hydrogen-bond acceptors (Lipinski definition) is 4. The van der Waals surface area contributed by atoms with Crippen molar-refractivity contribution >= 4 is 102 Å². The van der Waals surface area contributed by atoms with Gasteiger partial charge in [-0.3, -0.25) is 0 Å². The lowest BCUT2D eigenvalue weighted by molar-refractivity contribution is -0.121. The quantitative estimate of drug-likeness (QED) is 0.189. The van der Waals surface area contributed by atoms with Crippen LogP contribution in [0.3, 0.4) is 0 Å². The Bertz CT molecular complexity index is 1540. The molecule has 41 heavy (non-hydrogen) atoms. The second kappa shape index (κ2) is 12.9. The Kier molecular flexibility index (Phi) is 9.91. The van der Waals surface area contributed by atoms with Crippen LogP contribution in [-0.4, -0.2) is 24.1 Å². The molecule has 2 aliphatic carbocycles. The molecule has 0 bridgehead atoms. The number of carbonyl (C=O) groups is 2. The largest absolute Gasteiger partial charge is 0.454 e. The van der Waals surface area contributed by atoms with E-state index in [-0.39, 0.29) is 23.2 Å². The molecule has 3 aromatic carbocycles. The van der Waals surface area contributed by atoms with Crippen LogP contribution in [-0.2, 0) is 9.47 Å². The first kappa shape index (κ1) is 31.4. The summed E-state index contributed by atoms with van der Waals surface area (Å²) in [6.07, 6.45) is 3.26. The van der Waals surface area contributed by atoms with Crippen LogP contribution in [0.4, 0.5) is 0 Å². The van der Waals surface area contributed by atoms with Gasteiger partial charge in [-0.15, -0.1) is 0 Å². The normalized spacial score (nSPS) is 27.2. The number of allylic oxidation sites excluding steroid dienone is 4. The molecule has 1 fully saturated rings. The van der Waals surface area contributed by atoms with E-state index >= 15 is 0 Å². The number of aryl methyl sites for hydroxylation is 1. The van der Waals surface area contributed by atoms with Crippen LogP contribution in [0.25, 0.3) is 0 Å². The van der Waals surface area contributed by atoms with Gasteiger partial charge in [0.1, 0.15) is 12.2 Å². The maximum Gasteiger partial charge on any atom is 0.338 e. The average Bonchev–Trinajstić information content (AvgIpc) is 2.96. The Labute approximate surface area is 295 Å². The first-order valence-corrected chi connectivity index (χ1v) is 17.6. The smallest absolute Gasteiger partial charge is 0.338 e. The monoisotopic (exact) mass is 996 g/mol. The van der Waals surface area contributed by atoms with Gasteiger partial charge in [0.15, 0.2) is 0 Å². The highest BCUT2D eigenvalue weighted by Crippen LogP contribution is 2.59. The van der Waals surface area contributed by atoms with Crippen LogP contribution in [0.2, 0.25) is 0 Å². The molecule has 8 heteroatoms. The van der Waals surface area contributed by atoms with Crippen molar-refractivity contribution in [2.75, 3.05) is 0 Å². The van der Waals surface area contributed by atoms with E-state index in [9.17, 15) is 9.59 Å². The summed E-state index contributed by atoms with van der Waals surface area (Å²) in [5, 5.41) is 0. The summed E-state index contributed by atoms with van der Waals surface area (Å²) < 4.78 is 17.5. The van der Waals surface area contributed by atoms with E-state index in [4.69, 9.17) is 9.47 Å². The fourth-order valence-electron chi connectivity index (χ4n) is 6.06. The standard InChI is InChI=1S/C33H28I4O4/c1-18-14-24(34)25(35)15-22(18)28-23-16-26(36)27(37)17-33(23,3)19(2)29(40-31(38)20-10-6-4-7-11-20)30(28)41-32(39)21-12-8-5-9-13-21/h4-17,19,23,28-30H,1-3H3. The van der Waals surface area contributed by atoms with Crippen LogP contribution in [0.5, 0.6) is 0 Å². The topological polar surface area (TPSA) is 52.6 Å². The first-order valence-electron chi connectivity index (χ1n) is 13.2. The molecule has 4 nitrogen and oxygen atoms in total. The Morgan fingerprint density at radius 1 is 0.756 bits per heavy atom. The Morgan fingerprint density at radius 3 is 1.83 bits per heavy atom. The predicted molar refractivity (Wildman–Crippen MR) is 196 cm³/mol. The minimum Gasteiger partial charge on any atom is -0.454 e. The first-order chi connectivity index (χ1) is 19.5. The molecular weight excluding hydrogens is 968 g/mol. The van der Waals surface area contributed by atoms with Crippen molar-refractivity contribution < 1.29 is 19.1 Å². The number of carbonyl (C=O) groups excluding carboxylic acids is 2. The van der Waals surface area contributed by atoms with Crippen molar-refractivity contribution in [1.82, 2.24) is 0 Å². The summed E-state index contributed by atoms with van der Waals surface area (Å²) in [5.74, 6) is -1.21. The van der Waals surface area contributed by atoms with Crippen molar-refractivity contribution in [2.24, 2.45) is 17.3 Å². The zero-order chi connectivity index (χ0) is 29.5. The Hall–Kier alpha value is -1.000. The van der Waals surface area contributed by atoms with Gasteiger partial charge in [0, 0.05) is 31.6 Å². The highest BCUT2D eigenvalue weighted by Gasteiger charge is 2.58. The maximum atomic E-state index is 13.7. The lowest BCUT2D eigenvalue weighted by atomic mass is 9.53. The molecule has 0 amide bonds. The number of halogens is 4. The van der Waals surface area contributed by atoms with E-state index in [1.54, 1.807) is 24.3 Å². The fraction of sp³-hybridized carbons (Fsp3) is 0.273. The van der Waals surface area contributed by atoms with Gasteiger partial charge < -0.3 is 9.47 Å². The molecule has 5 rings (SSSR count). The number of fused-ring (bicyclic) bond motifs is 1. The average molecular weight is 996 g/mol. The van der Waals surface area contributed by atoms with Crippen molar-refractivity contribution in [2.45, 2.75) is 38.9 Å². The molecule has 1 saturated carbocycles. The third-order valence-electron chi connectivity index (χ3n) is 8.42. The van der Waals surface area contributed by atoms with E-state index < -0.39 is 24.1 Å². The van der Waals surface area contributed by atoms with Gasteiger partial charge in [-0.2, -0.15) is 0 Å². The number of rotatable bonds is 5. The van der Waals surface area contributed by atoms with E-state index in [1.165, 1.54) is 10.7 Å². The molecule has 0 saturated heterocycles. The lowest BCUT2D eigenvalue weighted by Gasteiger charge is -2.55. The van der Waals surface area contributed by atoms with Gasteiger partial charge in [-0.1, -0.05) is 62.4 Å². The third kappa shape index (κ3) is 6.31.